The van der Waals surface area contributed by atoms with Crippen LogP contribution in [-0.2, 0) is 0 Å². The molecule has 3 aromatic heterocycles. The maximum Gasteiger partial charge on any atom is 0.270 e. The zero-order valence-corrected chi connectivity index (χ0v) is 12.7. The SMILES string of the molecule is Nc1ncc(-c2ccsc2)nc1-c1nnc(-c2ccccc2)o1. The molecule has 0 unspecified atom stereocenters. The van der Waals surface area contributed by atoms with Crippen LogP contribution in [0.5, 0.6) is 0 Å². The van der Waals surface area contributed by atoms with Crippen molar-refractivity contribution in [2.24, 2.45) is 0 Å². The van der Waals surface area contributed by atoms with E-state index >= 15 is 0 Å². The topological polar surface area (TPSA) is 90.7 Å². The van der Waals surface area contributed by atoms with Crippen molar-refractivity contribution >= 4 is 17.2 Å². The van der Waals surface area contributed by atoms with Gasteiger partial charge >= 0.3 is 0 Å². The molecule has 23 heavy (non-hydrogen) atoms. The number of benzene rings is 1. The third-order valence-corrected chi connectivity index (χ3v) is 3.95. The zero-order valence-electron chi connectivity index (χ0n) is 11.9. The smallest absolute Gasteiger partial charge is 0.270 e. The molecule has 0 aliphatic carbocycles. The lowest BCUT2D eigenvalue weighted by molar-refractivity contribution is 0.582. The molecule has 4 aromatic rings. The number of hydrogen-bond donors (Lipinski definition) is 1. The maximum absolute atomic E-state index is 5.92. The van der Waals surface area contributed by atoms with Crippen LogP contribution < -0.4 is 5.73 Å². The molecular formula is C16H11N5OS. The number of anilines is 1. The summed E-state index contributed by atoms with van der Waals surface area (Å²) in [5.74, 6) is 0.931. The van der Waals surface area contributed by atoms with Gasteiger partial charge in [-0.25, -0.2) is 9.97 Å². The van der Waals surface area contributed by atoms with E-state index in [1.54, 1.807) is 17.5 Å². The summed E-state index contributed by atoms with van der Waals surface area (Å²) in [4.78, 5) is 8.70. The minimum Gasteiger partial charge on any atom is -0.414 e. The molecule has 0 atom stereocenters. The molecule has 0 aliphatic heterocycles. The maximum atomic E-state index is 5.92. The number of nitrogens with two attached hydrogens (primary N) is 1. The third kappa shape index (κ3) is 2.58. The van der Waals surface area contributed by atoms with Crippen molar-refractivity contribution in [1.82, 2.24) is 20.2 Å². The van der Waals surface area contributed by atoms with Crippen molar-refractivity contribution < 1.29 is 4.42 Å². The number of nitrogens with zero attached hydrogens (tertiary/aromatic N) is 4. The van der Waals surface area contributed by atoms with Gasteiger partial charge in [-0.2, -0.15) is 11.3 Å². The fraction of sp³-hybridized carbons (Fsp3) is 0. The first-order valence-electron chi connectivity index (χ1n) is 6.85. The van der Waals surface area contributed by atoms with Crippen molar-refractivity contribution in [2.45, 2.75) is 0 Å². The van der Waals surface area contributed by atoms with E-state index in [2.05, 4.69) is 20.2 Å². The van der Waals surface area contributed by atoms with Crippen molar-refractivity contribution in [1.29, 1.82) is 0 Å². The molecule has 0 saturated carbocycles. The Balaban J connectivity index is 1.76. The van der Waals surface area contributed by atoms with Gasteiger partial charge in [0.15, 0.2) is 11.5 Å². The molecule has 0 fully saturated rings. The molecule has 0 spiro atoms. The predicted octanol–water partition coefficient (Wildman–Crippen LogP) is 3.50. The lowest BCUT2D eigenvalue weighted by Gasteiger charge is -2.02. The first-order valence-corrected chi connectivity index (χ1v) is 7.80. The normalized spacial score (nSPS) is 10.8. The first-order chi connectivity index (χ1) is 11.3. The second-order valence-corrected chi connectivity index (χ2v) is 5.56. The minimum absolute atomic E-state index is 0.255. The molecule has 2 N–H and O–H groups in total. The summed E-state index contributed by atoms with van der Waals surface area (Å²) in [5.41, 5.74) is 8.85. The lowest BCUT2D eigenvalue weighted by atomic mass is 10.2. The second kappa shape index (κ2) is 5.62. The van der Waals surface area contributed by atoms with Gasteiger partial charge in [-0.1, -0.05) is 18.2 Å². The van der Waals surface area contributed by atoms with E-state index in [4.69, 9.17) is 10.2 Å². The van der Waals surface area contributed by atoms with E-state index in [0.717, 1.165) is 16.8 Å². The van der Waals surface area contributed by atoms with Crippen LogP contribution in [0.1, 0.15) is 0 Å². The molecule has 0 radical (unpaired) electrons. The highest BCUT2D eigenvalue weighted by atomic mass is 32.1. The van der Waals surface area contributed by atoms with Crippen LogP contribution in [0.15, 0.2) is 57.8 Å². The number of hydrogen-bond acceptors (Lipinski definition) is 7. The van der Waals surface area contributed by atoms with Gasteiger partial charge in [0.05, 0.1) is 11.9 Å². The Labute approximate surface area is 135 Å². The van der Waals surface area contributed by atoms with Crippen molar-refractivity contribution in [2.75, 3.05) is 5.73 Å². The second-order valence-electron chi connectivity index (χ2n) is 4.78. The average molecular weight is 321 g/mol. The van der Waals surface area contributed by atoms with Crippen LogP contribution in [0.4, 0.5) is 5.82 Å². The predicted molar refractivity (Wildman–Crippen MR) is 88.5 cm³/mol. The monoisotopic (exact) mass is 321 g/mol. The summed E-state index contributed by atoms with van der Waals surface area (Å²) in [6.45, 7) is 0. The van der Waals surface area contributed by atoms with E-state index in [9.17, 15) is 0 Å². The molecule has 6 nitrogen and oxygen atoms in total. The van der Waals surface area contributed by atoms with Gasteiger partial charge in [-0.05, 0) is 23.6 Å². The van der Waals surface area contributed by atoms with Crippen molar-refractivity contribution in [3.8, 4) is 34.3 Å². The van der Waals surface area contributed by atoms with E-state index in [1.807, 2.05) is 47.2 Å². The van der Waals surface area contributed by atoms with Crippen LogP contribution >= 0.6 is 11.3 Å². The largest absolute Gasteiger partial charge is 0.414 e. The van der Waals surface area contributed by atoms with Gasteiger partial charge in [-0.3, -0.25) is 0 Å². The van der Waals surface area contributed by atoms with Crippen LogP contribution in [0.2, 0.25) is 0 Å². The van der Waals surface area contributed by atoms with Gasteiger partial charge in [0, 0.05) is 16.5 Å². The van der Waals surface area contributed by atoms with Crippen LogP contribution in [-0.4, -0.2) is 20.2 Å². The van der Waals surface area contributed by atoms with Gasteiger partial charge < -0.3 is 10.2 Å². The van der Waals surface area contributed by atoms with Crippen LogP contribution in [0.3, 0.4) is 0 Å². The number of nitrogen functional groups attached to an aromatic ring is 1. The summed E-state index contributed by atoms with van der Waals surface area (Å²) in [7, 11) is 0. The average Bonchev–Trinajstić information content (AvgIpc) is 3.28. The lowest BCUT2D eigenvalue weighted by Crippen LogP contribution is -1.98. The van der Waals surface area contributed by atoms with Gasteiger partial charge in [0.2, 0.25) is 5.89 Å². The molecule has 1 aromatic carbocycles. The summed E-state index contributed by atoms with van der Waals surface area (Å²) in [6.07, 6.45) is 1.63. The molecule has 3 heterocycles. The van der Waals surface area contributed by atoms with E-state index < -0.39 is 0 Å². The number of rotatable bonds is 3. The third-order valence-electron chi connectivity index (χ3n) is 3.27. The Morgan fingerprint density at radius 3 is 2.57 bits per heavy atom. The van der Waals surface area contributed by atoms with Crippen molar-refractivity contribution in [3.63, 3.8) is 0 Å². The Morgan fingerprint density at radius 1 is 0.957 bits per heavy atom. The molecule has 0 aliphatic rings. The molecule has 7 heteroatoms. The fourth-order valence-corrected chi connectivity index (χ4v) is 2.77. The highest BCUT2D eigenvalue weighted by molar-refractivity contribution is 7.08. The molecule has 0 saturated heterocycles. The van der Waals surface area contributed by atoms with Gasteiger partial charge in [0.1, 0.15) is 0 Å². The summed E-state index contributed by atoms with van der Waals surface area (Å²) in [5, 5.41) is 12.1. The molecule has 0 amide bonds. The van der Waals surface area contributed by atoms with Crippen LogP contribution in [0, 0.1) is 0 Å². The van der Waals surface area contributed by atoms with Crippen LogP contribution in [0.25, 0.3) is 34.3 Å². The Hall–Kier alpha value is -3.06. The Morgan fingerprint density at radius 2 is 1.78 bits per heavy atom. The van der Waals surface area contributed by atoms with E-state index in [-0.39, 0.29) is 11.7 Å². The molecule has 4 rings (SSSR count). The molecule has 112 valence electrons. The Kier molecular flexibility index (Phi) is 3.32. The van der Waals surface area contributed by atoms with E-state index in [1.165, 1.54) is 0 Å². The summed E-state index contributed by atoms with van der Waals surface area (Å²) in [6, 6.07) is 11.5. The minimum atomic E-state index is 0.255. The first kappa shape index (κ1) is 13.6. The van der Waals surface area contributed by atoms with Gasteiger partial charge in [0.25, 0.3) is 5.89 Å². The van der Waals surface area contributed by atoms with Crippen molar-refractivity contribution in [3.05, 3.63) is 53.4 Å². The standard InChI is InChI=1S/C16H11N5OS/c17-14-13(19-12(8-18-14)11-6-7-23-9-11)16-21-20-15(22-16)10-4-2-1-3-5-10/h1-9H,(H2,17,18). The van der Waals surface area contributed by atoms with Gasteiger partial charge in [-0.15, -0.1) is 10.2 Å². The number of aromatic nitrogens is 4. The fourth-order valence-electron chi connectivity index (χ4n) is 2.12. The quantitative estimate of drug-likeness (QED) is 0.621. The summed E-state index contributed by atoms with van der Waals surface area (Å²) < 4.78 is 5.71. The van der Waals surface area contributed by atoms with E-state index in [0.29, 0.717) is 11.6 Å². The molecule has 0 bridgehead atoms. The number of thiophene rings is 1. The summed E-state index contributed by atoms with van der Waals surface area (Å²) >= 11 is 1.59. The molecular weight excluding hydrogens is 310 g/mol. The Bertz CT molecular complexity index is 934. The highest BCUT2D eigenvalue weighted by Gasteiger charge is 2.16. The highest BCUT2D eigenvalue weighted by Crippen LogP contribution is 2.28. The zero-order chi connectivity index (χ0) is 15.6.